The number of nitrogens with zero attached hydrogens (tertiary/aromatic N) is 2. The van der Waals surface area contributed by atoms with E-state index < -0.39 is 5.41 Å². The summed E-state index contributed by atoms with van der Waals surface area (Å²) in [6.45, 7) is 8.76. The van der Waals surface area contributed by atoms with E-state index >= 15 is 0 Å². The third-order valence-electron chi connectivity index (χ3n) is 4.83. The van der Waals surface area contributed by atoms with E-state index in [1.165, 1.54) is 0 Å². The van der Waals surface area contributed by atoms with Crippen molar-refractivity contribution in [3.05, 3.63) is 35.4 Å². The minimum absolute atomic E-state index is 0.00819. The lowest BCUT2D eigenvalue weighted by molar-refractivity contribution is -0.138. The highest BCUT2D eigenvalue weighted by molar-refractivity contribution is 5.87. The second kappa shape index (κ2) is 7.69. The second-order valence-electron chi connectivity index (χ2n) is 7.57. The van der Waals surface area contributed by atoms with Gasteiger partial charge in [0.25, 0.3) is 0 Å². The molecule has 0 radical (unpaired) electrons. The normalized spacial score (nSPS) is 17.9. The van der Waals surface area contributed by atoms with E-state index in [0.29, 0.717) is 18.7 Å². The van der Waals surface area contributed by atoms with Gasteiger partial charge in [-0.3, -0.25) is 9.59 Å². The van der Waals surface area contributed by atoms with Crippen LogP contribution in [-0.2, 0) is 15.0 Å². The van der Waals surface area contributed by atoms with E-state index in [-0.39, 0.29) is 23.8 Å². The molecule has 1 aliphatic rings. The molecule has 0 aromatic heterocycles. The number of piperidine rings is 1. The highest BCUT2D eigenvalue weighted by Crippen LogP contribution is 2.28. The molecule has 134 valence electrons. The van der Waals surface area contributed by atoms with Crippen LogP contribution in [0.3, 0.4) is 0 Å². The molecule has 2 rings (SSSR count). The van der Waals surface area contributed by atoms with Gasteiger partial charge in [-0.1, -0.05) is 26.0 Å². The van der Waals surface area contributed by atoms with Gasteiger partial charge in [-0.05, 0) is 44.4 Å². The van der Waals surface area contributed by atoms with Crippen LogP contribution in [-0.4, -0.2) is 35.8 Å². The molecule has 0 unspecified atom stereocenters. The van der Waals surface area contributed by atoms with Crippen molar-refractivity contribution in [2.45, 2.75) is 52.0 Å². The zero-order valence-corrected chi connectivity index (χ0v) is 15.5. The number of rotatable bonds is 4. The molecule has 1 aromatic rings. The van der Waals surface area contributed by atoms with Crippen molar-refractivity contribution < 1.29 is 9.59 Å². The van der Waals surface area contributed by atoms with Crippen LogP contribution in [0.4, 0.5) is 0 Å². The molecule has 25 heavy (non-hydrogen) atoms. The third kappa shape index (κ3) is 4.39. The number of hydrogen-bond acceptors (Lipinski definition) is 3. The molecule has 0 saturated carbocycles. The first-order chi connectivity index (χ1) is 11.8. The van der Waals surface area contributed by atoms with Gasteiger partial charge in [-0.15, -0.1) is 0 Å². The molecular weight excluding hydrogens is 314 g/mol. The van der Waals surface area contributed by atoms with Crippen molar-refractivity contribution in [1.82, 2.24) is 10.2 Å². The summed E-state index contributed by atoms with van der Waals surface area (Å²) in [5.74, 6) is 0.00241. The maximum atomic E-state index is 13.1. The van der Waals surface area contributed by atoms with Crippen LogP contribution in [0.25, 0.3) is 0 Å². The van der Waals surface area contributed by atoms with Crippen LogP contribution in [0.2, 0.25) is 0 Å². The summed E-state index contributed by atoms with van der Waals surface area (Å²) in [4.78, 5) is 26.9. The SMILES string of the molecule is CC(C)C(=O)N[C@H]1CCCN(C(=O)C(C)(C)c2cccc(C#N)c2)C1. The Labute approximate surface area is 150 Å². The first-order valence-corrected chi connectivity index (χ1v) is 8.86. The molecule has 0 bridgehead atoms. The van der Waals surface area contributed by atoms with Crippen LogP contribution in [0.15, 0.2) is 24.3 Å². The highest BCUT2D eigenvalue weighted by atomic mass is 16.2. The van der Waals surface area contributed by atoms with Crippen LogP contribution in [0.5, 0.6) is 0 Å². The van der Waals surface area contributed by atoms with Crippen LogP contribution >= 0.6 is 0 Å². The minimum atomic E-state index is -0.712. The van der Waals surface area contributed by atoms with Gasteiger partial charge in [-0.2, -0.15) is 5.26 Å². The quantitative estimate of drug-likeness (QED) is 0.915. The van der Waals surface area contributed by atoms with Crippen LogP contribution in [0.1, 0.15) is 51.7 Å². The fourth-order valence-electron chi connectivity index (χ4n) is 3.14. The van der Waals surface area contributed by atoms with E-state index in [4.69, 9.17) is 5.26 Å². The average Bonchev–Trinajstić information content (AvgIpc) is 2.61. The molecule has 5 heteroatoms. The Morgan fingerprint density at radius 2 is 2.08 bits per heavy atom. The summed E-state index contributed by atoms with van der Waals surface area (Å²) in [7, 11) is 0. The second-order valence-corrected chi connectivity index (χ2v) is 7.57. The predicted molar refractivity (Wildman–Crippen MR) is 96.8 cm³/mol. The molecule has 1 aromatic carbocycles. The molecule has 1 atom stereocenters. The summed E-state index contributed by atoms with van der Waals surface area (Å²) in [6.07, 6.45) is 1.77. The Bertz CT molecular complexity index is 688. The summed E-state index contributed by atoms with van der Waals surface area (Å²) in [5.41, 5.74) is 0.681. The van der Waals surface area contributed by atoms with E-state index in [9.17, 15) is 9.59 Å². The average molecular weight is 341 g/mol. The smallest absolute Gasteiger partial charge is 0.232 e. The lowest BCUT2D eigenvalue weighted by Crippen LogP contribution is -2.53. The maximum Gasteiger partial charge on any atom is 0.232 e. The standard InChI is InChI=1S/C20H27N3O2/c1-14(2)18(24)22-17-9-6-10-23(13-17)19(25)20(3,4)16-8-5-7-15(11-16)12-21/h5,7-8,11,14,17H,6,9-10,13H2,1-4H3,(H,22,24)/t17-/m0/s1. The van der Waals surface area contributed by atoms with Crippen LogP contribution < -0.4 is 5.32 Å². The lowest BCUT2D eigenvalue weighted by Gasteiger charge is -2.38. The van der Waals surface area contributed by atoms with Crippen molar-refractivity contribution in [1.29, 1.82) is 5.26 Å². The van der Waals surface area contributed by atoms with Crippen molar-refractivity contribution >= 4 is 11.8 Å². The number of amides is 2. The lowest BCUT2D eigenvalue weighted by atomic mass is 9.82. The Hall–Kier alpha value is -2.35. The largest absolute Gasteiger partial charge is 0.351 e. The van der Waals surface area contributed by atoms with Gasteiger partial charge in [-0.25, -0.2) is 0 Å². The topological polar surface area (TPSA) is 73.2 Å². The molecule has 0 aliphatic carbocycles. The zero-order valence-electron chi connectivity index (χ0n) is 15.5. The van der Waals surface area contributed by atoms with Gasteiger partial charge < -0.3 is 10.2 Å². The molecule has 1 heterocycles. The van der Waals surface area contributed by atoms with E-state index in [1.54, 1.807) is 12.1 Å². The van der Waals surface area contributed by atoms with Gasteiger partial charge in [0.1, 0.15) is 0 Å². The number of hydrogen-bond donors (Lipinski definition) is 1. The van der Waals surface area contributed by atoms with E-state index in [0.717, 1.165) is 18.4 Å². The van der Waals surface area contributed by atoms with Gasteiger partial charge in [0, 0.05) is 25.0 Å². The fraction of sp³-hybridized carbons (Fsp3) is 0.550. The van der Waals surface area contributed by atoms with Crippen molar-refractivity contribution in [2.24, 2.45) is 5.92 Å². The molecule has 1 aliphatic heterocycles. The maximum absolute atomic E-state index is 13.1. The molecule has 1 N–H and O–H groups in total. The fourth-order valence-corrected chi connectivity index (χ4v) is 3.14. The molecule has 1 saturated heterocycles. The van der Waals surface area contributed by atoms with Crippen molar-refractivity contribution in [3.8, 4) is 6.07 Å². The first kappa shape index (κ1) is 19.0. The Kier molecular flexibility index (Phi) is 5.84. The number of likely N-dealkylation sites (tertiary alicyclic amines) is 1. The Morgan fingerprint density at radius 1 is 1.36 bits per heavy atom. The highest BCUT2D eigenvalue weighted by Gasteiger charge is 2.36. The zero-order chi connectivity index (χ0) is 18.6. The Morgan fingerprint density at radius 3 is 2.72 bits per heavy atom. The number of carbonyl (C=O) groups is 2. The summed E-state index contributed by atoms with van der Waals surface area (Å²) in [5, 5.41) is 12.1. The van der Waals surface area contributed by atoms with Gasteiger partial charge >= 0.3 is 0 Å². The molecule has 1 fully saturated rings. The monoisotopic (exact) mass is 341 g/mol. The van der Waals surface area contributed by atoms with E-state index in [1.807, 2.05) is 44.7 Å². The molecule has 5 nitrogen and oxygen atoms in total. The molecular formula is C20H27N3O2. The number of nitrogens with one attached hydrogen (secondary N) is 1. The summed E-state index contributed by atoms with van der Waals surface area (Å²) in [6, 6.07) is 9.35. The van der Waals surface area contributed by atoms with Crippen LogP contribution in [0, 0.1) is 17.2 Å². The Balaban J connectivity index is 2.12. The number of nitriles is 1. The van der Waals surface area contributed by atoms with Gasteiger partial charge in [0.2, 0.25) is 11.8 Å². The predicted octanol–water partition coefficient (Wildman–Crippen LogP) is 2.60. The summed E-state index contributed by atoms with van der Waals surface area (Å²) >= 11 is 0. The molecule has 2 amide bonds. The first-order valence-electron chi connectivity index (χ1n) is 8.86. The van der Waals surface area contributed by atoms with Crippen molar-refractivity contribution in [3.63, 3.8) is 0 Å². The minimum Gasteiger partial charge on any atom is -0.351 e. The summed E-state index contributed by atoms with van der Waals surface area (Å²) < 4.78 is 0. The van der Waals surface area contributed by atoms with Crippen molar-refractivity contribution in [2.75, 3.05) is 13.1 Å². The van der Waals surface area contributed by atoms with Gasteiger partial charge in [0.05, 0.1) is 17.0 Å². The number of carbonyl (C=O) groups excluding carboxylic acids is 2. The third-order valence-corrected chi connectivity index (χ3v) is 4.83. The molecule has 0 spiro atoms. The number of benzene rings is 1. The van der Waals surface area contributed by atoms with Gasteiger partial charge in [0.15, 0.2) is 0 Å². The van der Waals surface area contributed by atoms with E-state index in [2.05, 4.69) is 11.4 Å².